The van der Waals surface area contributed by atoms with Gasteiger partial charge in [0.2, 0.25) is 0 Å². The van der Waals surface area contributed by atoms with Gasteiger partial charge >= 0.3 is 6.09 Å². The van der Waals surface area contributed by atoms with Crippen molar-refractivity contribution in [3.63, 3.8) is 0 Å². The molecule has 1 saturated carbocycles. The highest BCUT2D eigenvalue weighted by molar-refractivity contribution is 5.92. The zero-order valence-electron chi connectivity index (χ0n) is 14.6. The maximum absolute atomic E-state index is 12.5. The summed E-state index contributed by atoms with van der Waals surface area (Å²) in [6, 6.07) is 3.99. The average molecular weight is 347 g/mol. The number of amides is 2. The van der Waals surface area contributed by atoms with Gasteiger partial charge in [0.1, 0.15) is 5.82 Å². The Labute approximate surface area is 147 Å². The molecule has 2 fully saturated rings. The number of nitrogens with zero attached hydrogens (tertiary/aromatic N) is 4. The molecule has 0 aromatic carbocycles. The summed E-state index contributed by atoms with van der Waals surface area (Å²) >= 11 is 0. The molecule has 2 amide bonds. The van der Waals surface area contributed by atoms with Gasteiger partial charge in [-0.3, -0.25) is 4.79 Å². The lowest BCUT2D eigenvalue weighted by molar-refractivity contribution is 0.0565. The molecule has 2 aliphatic rings. The minimum atomic E-state index is -0.322. The SMILES string of the molecule is CCOC(=O)N1CCN(C(=O)c2ccc(NC3CCCC3)nn2)CC1. The van der Waals surface area contributed by atoms with Crippen LogP contribution in [0.4, 0.5) is 10.6 Å². The van der Waals surface area contributed by atoms with Crippen molar-refractivity contribution in [2.75, 3.05) is 38.1 Å². The third kappa shape index (κ3) is 4.37. The monoisotopic (exact) mass is 347 g/mol. The Kier molecular flexibility index (Phi) is 5.67. The Morgan fingerprint density at radius 3 is 2.40 bits per heavy atom. The van der Waals surface area contributed by atoms with Crippen molar-refractivity contribution in [2.24, 2.45) is 0 Å². The molecular formula is C17H25N5O3. The molecule has 0 unspecified atom stereocenters. The van der Waals surface area contributed by atoms with E-state index in [0.717, 1.165) is 18.7 Å². The second-order valence-corrected chi connectivity index (χ2v) is 6.41. The molecule has 0 bridgehead atoms. The number of nitrogens with one attached hydrogen (secondary N) is 1. The van der Waals surface area contributed by atoms with Gasteiger partial charge < -0.3 is 19.9 Å². The minimum absolute atomic E-state index is 0.150. The zero-order chi connectivity index (χ0) is 17.6. The fourth-order valence-corrected chi connectivity index (χ4v) is 3.27. The van der Waals surface area contributed by atoms with E-state index in [-0.39, 0.29) is 12.0 Å². The van der Waals surface area contributed by atoms with Gasteiger partial charge in [-0.15, -0.1) is 10.2 Å². The lowest BCUT2D eigenvalue weighted by Crippen LogP contribution is -2.50. The highest BCUT2D eigenvalue weighted by atomic mass is 16.6. The fourth-order valence-electron chi connectivity index (χ4n) is 3.27. The molecule has 3 rings (SSSR count). The van der Waals surface area contributed by atoms with Gasteiger partial charge in [0, 0.05) is 32.2 Å². The van der Waals surface area contributed by atoms with E-state index in [2.05, 4.69) is 15.5 Å². The molecule has 1 aromatic rings. The van der Waals surface area contributed by atoms with E-state index in [1.54, 1.807) is 22.8 Å². The second kappa shape index (κ2) is 8.13. The van der Waals surface area contributed by atoms with Gasteiger partial charge in [-0.25, -0.2) is 4.79 Å². The number of aromatic nitrogens is 2. The normalized spacial score (nSPS) is 18.3. The van der Waals surface area contributed by atoms with Crippen molar-refractivity contribution >= 4 is 17.8 Å². The van der Waals surface area contributed by atoms with Crippen LogP contribution in [-0.2, 0) is 4.74 Å². The second-order valence-electron chi connectivity index (χ2n) is 6.41. The fraction of sp³-hybridized carbons (Fsp3) is 0.647. The molecule has 8 nitrogen and oxygen atoms in total. The largest absolute Gasteiger partial charge is 0.450 e. The van der Waals surface area contributed by atoms with E-state index < -0.39 is 0 Å². The summed E-state index contributed by atoms with van der Waals surface area (Å²) in [4.78, 5) is 27.5. The molecular weight excluding hydrogens is 322 g/mol. The highest BCUT2D eigenvalue weighted by Crippen LogP contribution is 2.21. The van der Waals surface area contributed by atoms with Crippen molar-refractivity contribution < 1.29 is 14.3 Å². The first kappa shape index (κ1) is 17.4. The van der Waals surface area contributed by atoms with Crippen molar-refractivity contribution in [1.29, 1.82) is 0 Å². The maximum atomic E-state index is 12.5. The summed E-state index contributed by atoms with van der Waals surface area (Å²) in [6.45, 7) is 4.03. The molecule has 0 atom stereocenters. The molecule has 1 N–H and O–H groups in total. The van der Waals surface area contributed by atoms with Crippen molar-refractivity contribution in [3.8, 4) is 0 Å². The summed E-state index contributed by atoms with van der Waals surface area (Å²) in [7, 11) is 0. The van der Waals surface area contributed by atoms with Crippen LogP contribution in [0, 0.1) is 0 Å². The Morgan fingerprint density at radius 2 is 1.80 bits per heavy atom. The maximum Gasteiger partial charge on any atom is 0.409 e. The van der Waals surface area contributed by atoms with Crippen LogP contribution in [0.5, 0.6) is 0 Å². The molecule has 2 heterocycles. The standard InChI is InChI=1S/C17H25N5O3/c1-2-25-17(24)22-11-9-21(10-12-22)16(23)14-7-8-15(20-19-14)18-13-5-3-4-6-13/h7-8,13H,2-6,9-12H2,1H3,(H,18,20). The number of ether oxygens (including phenoxy) is 1. The molecule has 1 saturated heterocycles. The number of rotatable bonds is 4. The first-order valence-corrected chi connectivity index (χ1v) is 8.98. The van der Waals surface area contributed by atoms with Crippen molar-refractivity contribution in [1.82, 2.24) is 20.0 Å². The molecule has 8 heteroatoms. The lowest BCUT2D eigenvalue weighted by atomic mass is 10.2. The van der Waals surface area contributed by atoms with E-state index in [0.29, 0.717) is 44.5 Å². The van der Waals surface area contributed by atoms with Crippen LogP contribution in [-0.4, -0.2) is 70.8 Å². The Balaban J connectivity index is 1.52. The zero-order valence-corrected chi connectivity index (χ0v) is 14.6. The summed E-state index contributed by atoms with van der Waals surface area (Å²) in [5.41, 5.74) is 0.335. The van der Waals surface area contributed by atoms with E-state index in [1.165, 1.54) is 12.8 Å². The van der Waals surface area contributed by atoms with Gasteiger partial charge in [0.25, 0.3) is 5.91 Å². The molecule has 25 heavy (non-hydrogen) atoms. The van der Waals surface area contributed by atoms with Gasteiger partial charge in [-0.2, -0.15) is 0 Å². The number of piperazine rings is 1. The van der Waals surface area contributed by atoms with Crippen molar-refractivity contribution in [2.45, 2.75) is 38.6 Å². The number of hydrogen-bond acceptors (Lipinski definition) is 6. The van der Waals surface area contributed by atoms with Crippen LogP contribution in [0.25, 0.3) is 0 Å². The van der Waals surface area contributed by atoms with Crippen LogP contribution in [0.2, 0.25) is 0 Å². The van der Waals surface area contributed by atoms with E-state index in [4.69, 9.17) is 4.74 Å². The lowest BCUT2D eigenvalue weighted by Gasteiger charge is -2.33. The number of anilines is 1. The van der Waals surface area contributed by atoms with Crippen LogP contribution in [0.3, 0.4) is 0 Å². The quantitative estimate of drug-likeness (QED) is 0.893. The molecule has 1 aliphatic heterocycles. The van der Waals surface area contributed by atoms with Gasteiger partial charge in [-0.1, -0.05) is 12.8 Å². The first-order valence-electron chi connectivity index (χ1n) is 8.98. The van der Waals surface area contributed by atoms with Gasteiger partial charge in [0.15, 0.2) is 5.69 Å². The summed E-state index contributed by atoms with van der Waals surface area (Å²) in [5.74, 6) is 0.569. The number of hydrogen-bond donors (Lipinski definition) is 1. The topological polar surface area (TPSA) is 87.7 Å². The highest BCUT2D eigenvalue weighted by Gasteiger charge is 2.26. The predicted molar refractivity (Wildman–Crippen MR) is 92.4 cm³/mol. The predicted octanol–water partition coefficient (Wildman–Crippen LogP) is 1.75. The Morgan fingerprint density at radius 1 is 1.12 bits per heavy atom. The Bertz CT molecular complexity index is 593. The third-order valence-corrected chi connectivity index (χ3v) is 4.68. The number of carbonyl (C=O) groups excluding carboxylic acids is 2. The van der Waals surface area contributed by atoms with Crippen LogP contribution in [0.1, 0.15) is 43.1 Å². The molecule has 136 valence electrons. The average Bonchev–Trinajstić information content (AvgIpc) is 3.15. The van der Waals surface area contributed by atoms with E-state index in [1.807, 2.05) is 6.07 Å². The molecule has 1 aliphatic carbocycles. The Hall–Kier alpha value is -2.38. The van der Waals surface area contributed by atoms with Gasteiger partial charge in [0.05, 0.1) is 6.61 Å². The van der Waals surface area contributed by atoms with E-state index >= 15 is 0 Å². The summed E-state index contributed by atoms with van der Waals surface area (Å²) in [6.07, 6.45) is 4.50. The molecule has 0 spiro atoms. The third-order valence-electron chi connectivity index (χ3n) is 4.68. The van der Waals surface area contributed by atoms with Crippen LogP contribution in [0.15, 0.2) is 12.1 Å². The van der Waals surface area contributed by atoms with E-state index in [9.17, 15) is 9.59 Å². The summed E-state index contributed by atoms with van der Waals surface area (Å²) in [5, 5.41) is 11.6. The smallest absolute Gasteiger partial charge is 0.409 e. The van der Waals surface area contributed by atoms with Crippen molar-refractivity contribution in [3.05, 3.63) is 17.8 Å². The first-order chi connectivity index (χ1) is 12.2. The van der Waals surface area contributed by atoms with Gasteiger partial charge in [-0.05, 0) is 31.9 Å². The molecule has 0 radical (unpaired) electrons. The van der Waals surface area contributed by atoms with Crippen LogP contribution >= 0.6 is 0 Å². The molecule has 1 aromatic heterocycles. The number of carbonyl (C=O) groups is 2. The minimum Gasteiger partial charge on any atom is -0.450 e. The summed E-state index contributed by atoms with van der Waals surface area (Å²) < 4.78 is 4.98. The van der Waals surface area contributed by atoms with Crippen LogP contribution < -0.4 is 5.32 Å².